The van der Waals surface area contributed by atoms with Crippen molar-refractivity contribution in [2.24, 2.45) is 17.4 Å². The minimum absolute atomic E-state index is 0.0391. The summed E-state index contributed by atoms with van der Waals surface area (Å²) < 4.78 is 18.5. The zero-order valence-electron chi connectivity index (χ0n) is 14.8. The van der Waals surface area contributed by atoms with Gasteiger partial charge in [-0.15, -0.1) is 0 Å². The van der Waals surface area contributed by atoms with Crippen molar-refractivity contribution in [3.05, 3.63) is 35.3 Å². The smallest absolute Gasteiger partial charge is 0.250 e. The van der Waals surface area contributed by atoms with Gasteiger partial charge in [0.1, 0.15) is 10.8 Å². The Morgan fingerprint density at radius 1 is 1.23 bits per heavy atom. The largest absolute Gasteiger partial charge is 0.380 e. The number of carbonyl (C=O) groups excluding carboxylic acids is 2. The fourth-order valence-corrected chi connectivity index (χ4v) is 3.19. The average molecular weight is 379 g/mol. The Hall–Kier alpha value is -2.68. The summed E-state index contributed by atoms with van der Waals surface area (Å²) in [4.78, 5) is 22.8. The minimum Gasteiger partial charge on any atom is -0.380 e. The Morgan fingerprint density at radius 2 is 1.92 bits per heavy atom. The molecule has 0 aliphatic carbocycles. The first-order valence-corrected chi connectivity index (χ1v) is 8.84. The number of nitrogens with one attached hydrogen (secondary N) is 2. The lowest BCUT2D eigenvalue weighted by atomic mass is 10.0. The third-order valence-electron chi connectivity index (χ3n) is 3.85. The second-order valence-corrected chi connectivity index (χ2v) is 7.09. The van der Waals surface area contributed by atoms with Crippen LogP contribution >= 0.6 is 11.5 Å². The maximum atomic E-state index is 14.4. The number of hydrogen-bond donors (Lipinski definition) is 4. The lowest BCUT2D eigenvalue weighted by molar-refractivity contribution is -0.121. The quantitative estimate of drug-likeness (QED) is 0.561. The Morgan fingerprint density at radius 3 is 2.46 bits per heavy atom. The van der Waals surface area contributed by atoms with Crippen molar-refractivity contribution in [2.75, 3.05) is 10.6 Å². The van der Waals surface area contributed by atoms with Crippen LogP contribution in [0, 0.1) is 18.7 Å². The van der Waals surface area contributed by atoms with E-state index in [1.54, 1.807) is 6.92 Å². The van der Waals surface area contributed by atoms with Crippen LogP contribution in [0.15, 0.2) is 18.2 Å². The summed E-state index contributed by atoms with van der Waals surface area (Å²) in [5.41, 5.74) is 12.1. The number of nitrogens with zero attached hydrogens (tertiary/aromatic N) is 1. The van der Waals surface area contributed by atoms with Gasteiger partial charge < -0.3 is 22.1 Å². The lowest BCUT2D eigenvalue weighted by Gasteiger charge is -2.20. The van der Waals surface area contributed by atoms with Gasteiger partial charge in [0.05, 0.1) is 22.6 Å². The van der Waals surface area contributed by atoms with Crippen molar-refractivity contribution < 1.29 is 14.0 Å². The van der Waals surface area contributed by atoms with Gasteiger partial charge in [-0.3, -0.25) is 9.59 Å². The van der Waals surface area contributed by atoms with Crippen molar-refractivity contribution in [2.45, 2.75) is 33.2 Å². The molecule has 2 rings (SSSR count). The molecule has 0 saturated heterocycles. The van der Waals surface area contributed by atoms with E-state index in [0.29, 0.717) is 17.1 Å². The van der Waals surface area contributed by atoms with Gasteiger partial charge in [-0.05, 0) is 50.0 Å². The maximum absolute atomic E-state index is 14.4. The normalized spacial score (nSPS) is 13.1. The SMILES string of the molecule is Cc1cc(Nc2cc(NC(C)CC(C)C(N)=O)c(F)cc2C(N)=O)sn1. The van der Waals surface area contributed by atoms with Crippen LogP contribution in [0.3, 0.4) is 0 Å². The van der Waals surface area contributed by atoms with E-state index in [1.165, 1.54) is 17.6 Å². The number of carbonyl (C=O) groups is 2. The van der Waals surface area contributed by atoms with Gasteiger partial charge in [-0.2, -0.15) is 4.37 Å². The molecule has 0 aliphatic heterocycles. The van der Waals surface area contributed by atoms with Crippen LogP contribution in [0.25, 0.3) is 0 Å². The van der Waals surface area contributed by atoms with E-state index in [0.717, 1.165) is 11.8 Å². The molecule has 2 aromatic rings. The number of aryl methyl sites for hydroxylation is 1. The summed E-state index contributed by atoms with van der Waals surface area (Å²) in [5, 5.41) is 6.76. The summed E-state index contributed by atoms with van der Waals surface area (Å²) in [5.74, 6) is -2.10. The van der Waals surface area contributed by atoms with Gasteiger partial charge in [0, 0.05) is 12.0 Å². The molecule has 0 saturated carbocycles. The Kier molecular flexibility index (Phi) is 6.14. The molecule has 2 unspecified atom stereocenters. The molecule has 0 fully saturated rings. The average Bonchev–Trinajstić information content (AvgIpc) is 2.94. The molecule has 0 spiro atoms. The van der Waals surface area contributed by atoms with Crippen molar-refractivity contribution in [1.82, 2.24) is 4.37 Å². The predicted molar refractivity (Wildman–Crippen MR) is 101 cm³/mol. The molecule has 0 radical (unpaired) electrons. The molecular weight excluding hydrogens is 357 g/mol. The first-order valence-electron chi connectivity index (χ1n) is 8.07. The van der Waals surface area contributed by atoms with E-state index in [4.69, 9.17) is 11.5 Å². The molecule has 26 heavy (non-hydrogen) atoms. The Bertz CT molecular complexity index is 823. The first kappa shape index (κ1) is 19.6. The molecule has 0 bridgehead atoms. The zero-order chi connectivity index (χ0) is 19.4. The highest BCUT2D eigenvalue weighted by atomic mass is 32.1. The fourth-order valence-electron chi connectivity index (χ4n) is 2.52. The predicted octanol–water partition coefficient (Wildman–Crippen LogP) is 2.75. The highest BCUT2D eigenvalue weighted by molar-refractivity contribution is 7.10. The molecule has 140 valence electrons. The number of halogens is 1. The summed E-state index contributed by atoms with van der Waals surface area (Å²) in [6, 6.07) is 4.18. The Labute approximate surface area is 155 Å². The topological polar surface area (TPSA) is 123 Å². The highest BCUT2D eigenvalue weighted by Gasteiger charge is 2.18. The third kappa shape index (κ3) is 4.92. The van der Waals surface area contributed by atoms with Crippen LogP contribution in [0.2, 0.25) is 0 Å². The molecule has 1 aromatic carbocycles. The molecule has 0 aliphatic rings. The van der Waals surface area contributed by atoms with Gasteiger partial charge in [-0.1, -0.05) is 6.92 Å². The number of amides is 2. The summed E-state index contributed by atoms with van der Waals surface area (Å²) in [6.45, 7) is 5.38. The number of aromatic nitrogens is 1. The van der Waals surface area contributed by atoms with Crippen LogP contribution < -0.4 is 22.1 Å². The van der Waals surface area contributed by atoms with E-state index >= 15 is 0 Å². The molecule has 1 aromatic heterocycles. The van der Waals surface area contributed by atoms with Crippen molar-refractivity contribution in [3.8, 4) is 0 Å². The van der Waals surface area contributed by atoms with Crippen molar-refractivity contribution in [1.29, 1.82) is 0 Å². The monoisotopic (exact) mass is 379 g/mol. The number of nitrogens with two attached hydrogens (primary N) is 2. The molecule has 1 heterocycles. The highest BCUT2D eigenvalue weighted by Crippen LogP contribution is 2.30. The van der Waals surface area contributed by atoms with E-state index in [-0.39, 0.29) is 23.2 Å². The lowest BCUT2D eigenvalue weighted by Crippen LogP contribution is -2.27. The number of hydrogen-bond acceptors (Lipinski definition) is 6. The van der Waals surface area contributed by atoms with Crippen LogP contribution in [-0.4, -0.2) is 22.2 Å². The zero-order valence-corrected chi connectivity index (χ0v) is 15.6. The van der Waals surface area contributed by atoms with Gasteiger partial charge in [0.25, 0.3) is 5.91 Å². The standard InChI is InChI=1S/C17H22FN5O2S/c1-8(16(19)24)4-9(2)21-14-7-13(11(17(20)25)6-12(14)18)22-15-5-10(3)23-26-15/h5-9,21-22H,4H2,1-3H3,(H2,19,24)(H2,20,25). The third-order valence-corrected chi connectivity index (χ3v) is 4.65. The van der Waals surface area contributed by atoms with Crippen LogP contribution in [-0.2, 0) is 4.79 Å². The first-order chi connectivity index (χ1) is 12.2. The summed E-state index contributed by atoms with van der Waals surface area (Å²) in [6.07, 6.45) is 0.448. The number of benzene rings is 1. The molecule has 2 atom stereocenters. The van der Waals surface area contributed by atoms with Crippen LogP contribution in [0.5, 0.6) is 0 Å². The van der Waals surface area contributed by atoms with Crippen molar-refractivity contribution in [3.63, 3.8) is 0 Å². The van der Waals surface area contributed by atoms with E-state index in [1.807, 2.05) is 19.9 Å². The van der Waals surface area contributed by atoms with Crippen molar-refractivity contribution >= 4 is 39.7 Å². The molecule has 7 nitrogen and oxygen atoms in total. The molecule has 2 amide bonds. The van der Waals surface area contributed by atoms with Crippen LogP contribution in [0.4, 0.5) is 20.8 Å². The minimum atomic E-state index is -0.741. The van der Waals surface area contributed by atoms with Crippen LogP contribution in [0.1, 0.15) is 36.3 Å². The van der Waals surface area contributed by atoms with Gasteiger partial charge in [0.2, 0.25) is 5.91 Å². The maximum Gasteiger partial charge on any atom is 0.250 e. The van der Waals surface area contributed by atoms with Gasteiger partial charge in [0.15, 0.2) is 0 Å². The fraction of sp³-hybridized carbons (Fsp3) is 0.353. The Balaban J connectivity index is 2.28. The summed E-state index contributed by atoms with van der Waals surface area (Å²) >= 11 is 1.22. The second kappa shape index (κ2) is 8.13. The number of primary amides is 2. The van der Waals surface area contributed by atoms with E-state index in [2.05, 4.69) is 15.0 Å². The molecular formula is C17H22FN5O2S. The molecule has 6 N–H and O–H groups in total. The number of rotatable bonds is 8. The summed E-state index contributed by atoms with van der Waals surface area (Å²) in [7, 11) is 0. The van der Waals surface area contributed by atoms with Gasteiger partial charge >= 0.3 is 0 Å². The van der Waals surface area contributed by atoms with E-state index < -0.39 is 17.6 Å². The number of anilines is 3. The second-order valence-electron chi connectivity index (χ2n) is 6.28. The van der Waals surface area contributed by atoms with Gasteiger partial charge in [-0.25, -0.2) is 4.39 Å². The molecule has 9 heteroatoms. The van der Waals surface area contributed by atoms with E-state index in [9.17, 15) is 14.0 Å².